The zero-order valence-corrected chi connectivity index (χ0v) is 22.8. The smallest absolute Gasteiger partial charge is 0.301 e. The Balaban J connectivity index is 1.94. The van der Waals surface area contributed by atoms with Gasteiger partial charge in [0.25, 0.3) is 5.91 Å². The fraction of sp³-hybridized carbons (Fsp3) is 0.296. The molecule has 1 amide bonds. The number of aliphatic imine (C=N–C) groups is 1. The van der Waals surface area contributed by atoms with Crippen molar-refractivity contribution in [3.05, 3.63) is 76.7 Å². The van der Waals surface area contributed by atoms with Gasteiger partial charge in [0.15, 0.2) is 6.67 Å². The lowest BCUT2D eigenvalue weighted by molar-refractivity contribution is -0.0280. The van der Waals surface area contributed by atoms with E-state index in [1.807, 2.05) is 13.8 Å². The molecule has 9 nitrogen and oxygen atoms in total. The zero-order valence-electron chi connectivity index (χ0n) is 22.8. The number of aromatic nitrogens is 2. The quantitative estimate of drug-likeness (QED) is 0.166. The normalized spacial score (nSPS) is 12.5. The van der Waals surface area contributed by atoms with Crippen molar-refractivity contribution in [1.29, 1.82) is 0 Å². The predicted octanol–water partition coefficient (Wildman–Crippen LogP) is 4.60. The summed E-state index contributed by atoms with van der Waals surface area (Å²) >= 11 is 0. The molecule has 3 rings (SSSR count). The lowest BCUT2D eigenvalue weighted by Gasteiger charge is -2.19. The molecule has 3 aromatic rings. The average molecular weight is 543 g/mol. The van der Waals surface area contributed by atoms with Crippen LogP contribution in [0.5, 0.6) is 0 Å². The van der Waals surface area contributed by atoms with Gasteiger partial charge in [-0.05, 0) is 56.7 Å². The van der Waals surface area contributed by atoms with Crippen LogP contribution in [-0.4, -0.2) is 47.2 Å². The number of hydrazine groups is 1. The number of anilines is 2. The number of hydrogen-bond acceptors (Lipinski definition) is 6. The Labute approximate surface area is 225 Å². The van der Waals surface area contributed by atoms with Gasteiger partial charge in [-0.2, -0.15) is 13.9 Å². The number of amides is 1. The molecule has 1 heterocycles. The molecule has 0 fully saturated rings. The molecular weight excluding hydrogens is 509 g/mol. The highest BCUT2D eigenvalue weighted by Crippen LogP contribution is 2.34. The lowest BCUT2D eigenvalue weighted by atomic mass is 10.1. The Morgan fingerprint density at radius 3 is 2.49 bits per heavy atom. The van der Waals surface area contributed by atoms with Crippen LogP contribution in [0.2, 0.25) is 0 Å². The molecule has 0 atom stereocenters. The minimum Gasteiger partial charge on any atom is -0.397 e. The van der Waals surface area contributed by atoms with Gasteiger partial charge in [-0.3, -0.25) is 14.5 Å². The van der Waals surface area contributed by atoms with Gasteiger partial charge >= 0.3 is 5.92 Å². The van der Waals surface area contributed by atoms with E-state index < -0.39 is 24.1 Å². The van der Waals surface area contributed by atoms with Crippen molar-refractivity contribution in [3.63, 3.8) is 0 Å². The van der Waals surface area contributed by atoms with Crippen LogP contribution in [-0.2, 0) is 13.0 Å². The van der Waals surface area contributed by atoms with Crippen molar-refractivity contribution < 1.29 is 18.0 Å². The number of hydrogen-bond donors (Lipinski definition) is 3. The highest BCUT2D eigenvalue weighted by atomic mass is 19.3. The zero-order chi connectivity index (χ0) is 29.1. The second-order valence-electron chi connectivity index (χ2n) is 9.37. The first-order valence-corrected chi connectivity index (χ1v) is 12.0. The highest BCUT2D eigenvalue weighted by Gasteiger charge is 2.32. The first-order chi connectivity index (χ1) is 18.2. The highest BCUT2D eigenvalue weighted by molar-refractivity contribution is 6.05. The fourth-order valence-electron chi connectivity index (χ4n) is 3.63. The molecule has 2 aromatic carbocycles. The van der Waals surface area contributed by atoms with E-state index in [1.165, 1.54) is 17.3 Å². The maximum absolute atomic E-state index is 14.3. The summed E-state index contributed by atoms with van der Waals surface area (Å²) in [7, 11) is 5.29. The first kappa shape index (κ1) is 29.2. The Bertz CT molecular complexity index is 1430. The molecule has 5 N–H and O–H groups in total. The molecule has 39 heavy (non-hydrogen) atoms. The number of nitrogens with zero attached hydrogens (tertiary/aromatic N) is 5. The molecule has 0 saturated carbocycles. The molecule has 0 radical (unpaired) electrons. The third-order valence-corrected chi connectivity index (χ3v) is 6.28. The molecule has 0 aliphatic rings. The number of nitrogens with two attached hydrogens (primary N) is 2. The van der Waals surface area contributed by atoms with Gasteiger partial charge in [-0.25, -0.2) is 15.2 Å². The molecule has 0 spiro atoms. The maximum atomic E-state index is 14.3. The third kappa shape index (κ3) is 6.77. The van der Waals surface area contributed by atoms with E-state index in [1.54, 1.807) is 62.0 Å². The number of carbonyl (C=O) groups excluding carboxylic acids is 1. The minimum absolute atomic E-state index is 0.0406. The Hall–Kier alpha value is -4.32. The van der Waals surface area contributed by atoms with Crippen molar-refractivity contribution >= 4 is 34.5 Å². The molecule has 0 aliphatic carbocycles. The summed E-state index contributed by atoms with van der Waals surface area (Å²) in [5.74, 6) is 2.48. The van der Waals surface area contributed by atoms with Crippen LogP contribution < -0.4 is 21.9 Å². The van der Waals surface area contributed by atoms with Gasteiger partial charge in [0, 0.05) is 55.4 Å². The summed E-state index contributed by atoms with van der Waals surface area (Å²) < 4.78 is 43.3. The van der Waals surface area contributed by atoms with Crippen molar-refractivity contribution in [2.75, 3.05) is 31.1 Å². The maximum Gasteiger partial charge on any atom is 0.301 e. The summed E-state index contributed by atoms with van der Waals surface area (Å²) in [4.78, 5) is 19.1. The molecule has 0 bridgehead atoms. The van der Waals surface area contributed by atoms with E-state index in [4.69, 9.17) is 11.6 Å². The summed E-state index contributed by atoms with van der Waals surface area (Å²) in [5, 5.41) is 8.09. The number of carbonyl (C=O) groups is 1. The molecule has 12 heteroatoms. The van der Waals surface area contributed by atoms with E-state index in [0.29, 0.717) is 22.8 Å². The van der Waals surface area contributed by atoms with Crippen LogP contribution in [0.3, 0.4) is 0 Å². The Morgan fingerprint density at radius 2 is 1.90 bits per heavy atom. The number of halogens is 3. The van der Waals surface area contributed by atoms with Crippen LogP contribution in [0.25, 0.3) is 5.70 Å². The second-order valence-corrected chi connectivity index (χ2v) is 9.37. The van der Waals surface area contributed by atoms with Crippen molar-refractivity contribution in [1.82, 2.24) is 14.7 Å². The molecule has 0 aliphatic heterocycles. The summed E-state index contributed by atoms with van der Waals surface area (Å²) in [5.41, 5.74) is 9.24. The van der Waals surface area contributed by atoms with E-state index in [0.717, 1.165) is 23.4 Å². The van der Waals surface area contributed by atoms with E-state index in [2.05, 4.69) is 15.4 Å². The Morgan fingerprint density at radius 1 is 1.21 bits per heavy atom. The summed E-state index contributed by atoms with van der Waals surface area (Å²) in [6.45, 7) is 3.50. The monoisotopic (exact) mass is 542 g/mol. The number of benzene rings is 2. The van der Waals surface area contributed by atoms with Gasteiger partial charge in [-0.15, -0.1) is 0 Å². The van der Waals surface area contributed by atoms with Gasteiger partial charge < -0.3 is 16.0 Å². The summed E-state index contributed by atoms with van der Waals surface area (Å²) in [6, 6.07) is 8.40. The van der Waals surface area contributed by atoms with E-state index >= 15 is 0 Å². The van der Waals surface area contributed by atoms with Gasteiger partial charge in [0.05, 0.1) is 23.3 Å². The minimum atomic E-state index is -3.74. The van der Waals surface area contributed by atoms with Crippen LogP contribution in [0.1, 0.15) is 39.7 Å². The predicted molar refractivity (Wildman–Crippen MR) is 149 cm³/mol. The molecular formula is C27H33F3N8O. The molecule has 208 valence electrons. The van der Waals surface area contributed by atoms with Gasteiger partial charge in [0.2, 0.25) is 0 Å². The largest absolute Gasteiger partial charge is 0.397 e. The average Bonchev–Trinajstić information content (AvgIpc) is 3.21. The topological polar surface area (TPSA) is 118 Å². The lowest BCUT2D eigenvalue weighted by Crippen LogP contribution is -2.27. The number of alkyl halides is 3. The van der Waals surface area contributed by atoms with E-state index in [-0.39, 0.29) is 16.9 Å². The van der Waals surface area contributed by atoms with Crippen LogP contribution in [0.15, 0.2) is 53.8 Å². The summed E-state index contributed by atoms with van der Waals surface area (Å²) in [6.07, 6.45) is 3.15. The number of nitrogens with one attached hydrogen (secondary N) is 1. The SMILES string of the molecule is CC(=Nc1cc(NC(=O)c2ccc(C)c(N(N)/C=C(\N)c3cnn(C)c3C)c2)cc(C(F)(F)CF)c1)N(C)C. The number of rotatable bonds is 8. The van der Waals surface area contributed by atoms with Crippen LogP contribution >= 0.6 is 0 Å². The molecule has 1 aromatic heterocycles. The molecule has 0 unspecified atom stereocenters. The first-order valence-electron chi connectivity index (χ1n) is 12.0. The fourth-order valence-corrected chi connectivity index (χ4v) is 3.63. The van der Waals surface area contributed by atoms with Crippen LogP contribution in [0.4, 0.5) is 30.2 Å². The van der Waals surface area contributed by atoms with E-state index in [9.17, 15) is 18.0 Å². The Kier molecular flexibility index (Phi) is 8.70. The standard InChI is InChI=1S/C27H33F3N8O/c1-16-7-8-19(9-25(16)38(32)14-24(31)23-13-33-37(6)17(23)2)26(39)35-22-11-20(27(29,30)15-28)10-21(12-22)34-18(3)36(4)5/h7-14H,15,31-32H2,1-6H3,(H,35,39)/b24-14-,34-18?. The third-order valence-electron chi connectivity index (χ3n) is 6.28. The number of amidine groups is 1. The van der Waals surface area contributed by atoms with Crippen molar-refractivity contribution in [2.45, 2.75) is 26.7 Å². The van der Waals surface area contributed by atoms with Gasteiger partial charge in [0.1, 0.15) is 5.84 Å². The molecule has 0 saturated heterocycles. The van der Waals surface area contributed by atoms with Gasteiger partial charge in [-0.1, -0.05) is 6.07 Å². The van der Waals surface area contributed by atoms with Crippen LogP contribution in [0, 0.1) is 13.8 Å². The van der Waals surface area contributed by atoms with Crippen molar-refractivity contribution in [2.24, 2.45) is 23.6 Å². The second kappa shape index (κ2) is 11.6. The van der Waals surface area contributed by atoms with Crippen molar-refractivity contribution in [3.8, 4) is 0 Å². The number of aryl methyl sites for hydroxylation is 2.